The highest BCUT2D eigenvalue weighted by Crippen LogP contribution is 2.33. The van der Waals surface area contributed by atoms with Crippen LogP contribution in [-0.2, 0) is 17.6 Å². The minimum Gasteiger partial charge on any atom is -0.350 e. The SMILES string of the molecule is O=C(CCc1ncn[nH]1)NC1(Cc2ccccc2)CCCC1. The van der Waals surface area contributed by atoms with Crippen LogP contribution in [0.2, 0.25) is 0 Å². The second kappa shape index (κ2) is 6.73. The van der Waals surface area contributed by atoms with Gasteiger partial charge in [0.15, 0.2) is 0 Å². The van der Waals surface area contributed by atoms with Crippen molar-refractivity contribution in [3.8, 4) is 0 Å². The molecule has 5 heteroatoms. The van der Waals surface area contributed by atoms with Crippen LogP contribution in [0.4, 0.5) is 0 Å². The lowest BCUT2D eigenvalue weighted by Gasteiger charge is -2.30. The van der Waals surface area contributed by atoms with Crippen molar-refractivity contribution in [2.75, 3.05) is 0 Å². The summed E-state index contributed by atoms with van der Waals surface area (Å²) in [6.45, 7) is 0. The van der Waals surface area contributed by atoms with E-state index in [1.54, 1.807) is 0 Å². The second-order valence-corrected chi connectivity index (χ2v) is 6.13. The standard InChI is InChI=1S/C17H22N4O/c22-16(9-8-15-18-13-19-21-15)20-17(10-4-5-11-17)12-14-6-2-1-3-7-14/h1-3,6-7,13H,4-5,8-12H2,(H,20,22)(H,18,19,21). The fraction of sp³-hybridized carbons (Fsp3) is 0.471. The maximum Gasteiger partial charge on any atom is 0.220 e. The van der Waals surface area contributed by atoms with E-state index < -0.39 is 0 Å². The number of aromatic nitrogens is 3. The Labute approximate surface area is 130 Å². The maximum absolute atomic E-state index is 12.3. The molecule has 0 unspecified atom stereocenters. The number of amides is 1. The Kier molecular flexibility index (Phi) is 4.51. The number of nitrogens with zero attached hydrogens (tertiary/aromatic N) is 2. The fourth-order valence-corrected chi connectivity index (χ4v) is 3.33. The number of rotatable bonds is 6. The number of aromatic amines is 1. The lowest BCUT2D eigenvalue weighted by Crippen LogP contribution is -2.48. The van der Waals surface area contributed by atoms with Crippen LogP contribution in [0.3, 0.4) is 0 Å². The first kappa shape index (κ1) is 14.8. The van der Waals surface area contributed by atoms with Gasteiger partial charge in [-0.05, 0) is 24.8 Å². The van der Waals surface area contributed by atoms with E-state index in [1.807, 2.05) is 6.07 Å². The van der Waals surface area contributed by atoms with Crippen molar-refractivity contribution in [3.05, 3.63) is 48.0 Å². The molecular formula is C17H22N4O. The highest BCUT2D eigenvalue weighted by molar-refractivity contribution is 5.77. The van der Waals surface area contributed by atoms with E-state index in [-0.39, 0.29) is 11.4 Å². The van der Waals surface area contributed by atoms with Gasteiger partial charge in [0, 0.05) is 18.4 Å². The zero-order valence-corrected chi connectivity index (χ0v) is 12.7. The quantitative estimate of drug-likeness (QED) is 0.860. The number of carbonyl (C=O) groups is 1. The third-order valence-corrected chi connectivity index (χ3v) is 4.40. The third-order valence-electron chi connectivity index (χ3n) is 4.40. The molecule has 2 aromatic rings. The van der Waals surface area contributed by atoms with Crippen LogP contribution in [0.1, 0.15) is 43.5 Å². The Morgan fingerprint density at radius 3 is 2.68 bits per heavy atom. The van der Waals surface area contributed by atoms with Gasteiger partial charge in [-0.2, -0.15) is 5.10 Å². The molecule has 2 N–H and O–H groups in total. The van der Waals surface area contributed by atoms with E-state index in [9.17, 15) is 4.79 Å². The van der Waals surface area contributed by atoms with Crippen molar-refractivity contribution in [3.63, 3.8) is 0 Å². The van der Waals surface area contributed by atoms with Gasteiger partial charge in [0.05, 0.1) is 0 Å². The van der Waals surface area contributed by atoms with E-state index in [2.05, 4.69) is 44.8 Å². The van der Waals surface area contributed by atoms with Crippen molar-refractivity contribution in [1.82, 2.24) is 20.5 Å². The molecule has 1 aliphatic rings. The van der Waals surface area contributed by atoms with Crippen LogP contribution in [0, 0.1) is 0 Å². The van der Waals surface area contributed by atoms with E-state index in [0.29, 0.717) is 12.8 Å². The Hall–Kier alpha value is -2.17. The molecule has 1 aromatic carbocycles. The van der Waals surface area contributed by atoms with E-state index in [4.69, 9.17) is 0 Å². The predicted octanol–water partition coefficient (Wildman–Crippen LogP) is 2.41. The molecule has 0 spiro atoms. The summed E-state index contributed by atoms with van der Waals surface area (Å²) in [5, 5.41) is 9.90. The summed E-state index contributed by atoms with van der Waals surface area (Å²) >= 11 is 0. The average molecular weight is 298 g/mol. The molecule has 22 heavy (non-hydrogen) atoms. The first-order valence-electron chi connectivity index (χ1n) is 7.95. The predicted molar refractivity (Wildman–Crippen MR) is 84.2 cm³/mol. The van der Waals surface area contributed by atoms with E-state index >= 15 is 0 Å². The van der Waals surface area contributed by atoms with Crippen LogP contribution in [0.15, 0.2) is 36.7 Å². The normalized spacial score (nSPS) is 16.5. The number of hydrogen-bond acceptors (Lipinski definition) is 3. The second-order valence-electron chi connectivity index (χ2n) is 6.13. The number of H-pyrrole nitrogens is 1. The van der Waals surface area contributed by atoms with Gasteiger partial charge < -0.3 is 5.32 Å². The fourth-order valence-electron chi connectivity index (χ4n) is 3.33. The first-order valence-corrected chi connectivity index (χ1v) is 7.95. The lowest BCUT2D eigenvalue weighted by atomic mass is 9.89. The Morgan fingerprint density at radius 2 is 2.00 bits per heavy atom. The summed E-state index contributed by atoms with van der Waals surface area (Å²) in [5.74, 6) is 0.868. The summed E-state index contributed by atoms with van der Waals surface area (Å²) in [4.78, 5) is 16.4. The molecule has 1 fully saturated rings. The van der Waals surface area contributed by atoms with Crippen LogP contribution in [-0.4, -0.2) is 26.6 Å². The molecule has 116 valence electrons. The number of nitrogens with one attached hydrogen (secondary N) is 2. The van der Waals surface area contributed by atoms with Gasteiger partial charge >= 0.3 is 0 Å². The molecule has 0 bridgehead atoms. The van der Waals surface area contributed by atoms with Crippen LogP contribution in [0.25, 0.3) is 0 Å². The van der Waals surface area contributed by atoms with Crippen LogP contribution < -0.4 is 5.32 Å². The first-order chi connectivity index (χ1) is 10.8. The molecule has 1 aliphatic carbocycles. The summed E-state index contributed by atoms with van der Waals surface area (Å²) in [6.07, 6.45) is 7.96. The molecule has 0 saturated heterocycles. The van der Waals surface area contributed by atoms with Gasteiger partial charge in [-0.15, -0.1) is 0 Å². The highest BCUT2D eigenvalue weighted by atomic mass is 16.1. The number of carbonyl (C=O) groups excluding carboxylic acids is 1. The van der Waals surface area contributed by atoms with Gasteiger partial charge in [0.2, 0.25) is 5.91 Å². The summed E-state index contributed by atoms with van der Waals surface area (Å²) in [7, 11) is 0. The smallest absolute Gasteiger partial charge is 0.220 e. The molecule has 5 nitrogen and oxygen atoms in total. The van der Waals surface area contributed by atoms with Crippen molar-refractivity contribution in [2.24, 2.45) is 0 Å². The van der Waals surface area contributed by atoms with Gasteiger partial charge in [-0.3, -0.25) is 9.89 Å². The molecule has 1 amide bonds. The summed E-state index contributed by atoms with van der Waals surface area (Å²) in [6, 6.07) is 10.4. The number of benzene rings is 1. The largest absolute Gasteiger partial charge is 0.350 e. The van der Waals surface area contributed by atoms with Crippen LogP contribution in [0.5, 0.6) is 0 Å². The highest BCUT2D eigenvalue weighted by Gasteiger charge is 2.35. The molecule has 1 aromatic heterocycles. The van der Waals surface area contributed by atoms with Gasteiger partial charge in [-0.25, -0.2) is 4.98 Å². The molecule has 1 saturated carbocycles. The topological polar surface area (TPSA) is 70.7 Å². The third kappa shape index (κ3) is 3.72. The Bertz CT molecular complexity index is 588. The monoisotopic (exact) mass is 298 g/mol. The van der Waals surface area contributed by atoms with Crippen molar-refractivity contribution in [1.29, 1.82) is 0 Å². The van der Waals surface area contributed by atoms with Gasteiger partial charge in [0.1, 0.15) is 12.2 Å². The van der Waals surface area contributed by atoms with E-state index in [0.717, 1.165) is 25.1 Å². The minimum atomic E-state index is -0.0696. The van der Waals surface area contributed by atoms with Gasteiger partial charge in [0.25, 0.3) is 0 Å². The molecule has 3 rings (SSSR count). The molecule has 1 heterocycles. The lowest BCUT2D eigenvalue weighted by molar-refractivity contribution is -0.123. The molecule has 0 aliphatic heterocycles. The Morgan fingerprint density at radius 1 is 1.23 bits per heavy atom. The Balaban J connectivity index is 1.60. The summed E-state index contributed by atoms with van der Waals surface area (Å²) in [5.41, 5.74) is 1.22. The average Bonchev–Trinajstić information content (AvgIpc) is 3.18. The summed E-state index contributed by atoms with van der Waals surface area (Å²) < 4.78 is 0. The van der Waals surface area contributed by atoms with Gasteiger partial charge in [-0.1, -0.05) is 43.2 Å². The number of hydrogen-bond donors (Lipinski definition) is 2. The van der Waals surface area contributed by atoms with E-state index in [1.165, 1.54) is 24.7 Å². The van der Waals surface area contributed by atoms with Crippen molar-refractivity contribution < 1.29 is 4.79 Å². The zero-order valence-electron chi connectivity index (χ0n) is 12.7. The zero-order chi connectivity index (χ0) is 15.3. The number of aryl methyl sites for hydroxylation is 1. The molecule has 0 atom stereocenters. The van der Waals surface area contributed by atoms with Crippen molar-refractivity contribution >= 4 is 5.91 Å². The van der Waals surface area contributed by atoms with Crippen LogP contribution >= 0.6 is 0 Å². The molecular weight excluding hydrogens is 276 g/mol. The maximum atomic E-state index is 12.3. The molecule has 0 radical (unpaired) electrons. The van der Waals surface area contributed by atoms with Crippen molar-refractivity contribution in [2.45, 2.75) is 50.5 Å². The minimum absolute atomic E-state index is 0.0696.